The molecule has 3 nitrogen and oxygen atoms in total. The third-order valence-electron chi connectivity index (χ3n) is 4.18. The topological polar surface area (TPSA) is 40.2 Å². The lowest BCUT2D eigenvalue weighted by Gasteiger charge is -2.22. The van der Waals surface area contributed by atoms with Crippen molar-refractivity contribution >= 4 is 0 Å². The van der Waals surface area contributed by atoms with Gasteiger partial charge in [0.1, 0.15) is 0 Å². The highest BCUT2D eigenvalue weighted by Gasteiger charge is 2.21. The molecule has 1 atom stereocenters. The SMILES string of the molecule is COCCc1ccccc1-n1ccc2c1CCCC2N. The van der Waals surface area contributed by atoms with Crippen LogP contribution in [-0.4, -0.2) is 18.3 Å². The molecule has 1 heterocycles. The number of fused-ring (bicyclic) bond motifs is 1. The van der Waals surface area contributed by atoms with Gasteiger partial charge in [-0.2, -0.15) is 0 Å². The van der Waals surface area contributed by atoms with Crippen molar-refractivity contribution in [1.82, 2.24) is 4.57 Å². The van der Waals surface area contributed by atoms with E-state index in [4.69, 9.17) is 10.5 Å². The molecule has 0 saturated carbocycles. The number of methoxy groups -OCH3 is 1. The van der Waals surface area contributed by atoms with Gasteiger partial charge in [-0.05, 0) is 48.9 Å². The van der Waals surface area contributed by atoms with Crippen LogP contribution in [0.3, 0.4) is 0 Å². The smallest absolute Gasteiger partial charge is 0.0503 e. The molecule has 1 aromatic heterocycles. The molecule has 0 spiro atoms. The third kappa shape index (κ3) is 2.39. The number of aromatic nitrogens is 1. The van der Waals surface area contributed by atoms with E-state index in [1.807, 2.05) is 0 Å². The summed E-state index contributed by atoms with van der Waals surface area (Å²) in [6.07, 6.45) is 6.50. The van der Waals surface area contributed by atoms with E-state index in [9.17, 15) is 0 Å². The first kappa shape index (κ1) is 13.4. The van der Waals surface area contributed by atoms with Crippen LogP contribution < -0.4 is 5.73 Å². The van der Waals surface area contributed by atoms with Crippen LogP contribution in [-0.2, 0) is 17.6 Å². The number of rotatable bonds is 4. The summed E-state index contributed by atoms with van der Waals surface area (Å²) in [4.78, 5) is 0. The minimum absolute atomic E-state index is 0.200. The van der Waals surface area contributed by atoms with Crippen LogP contribution >= 0.6 is 0 Å². The molecule has 1 aliphatic rings. The van der Waals surface area contributed by atoms with Gasteiger partial charge in [-0.1, -0.05) is 18.2 Å². The average Bonchev–Trinajstić information content (AvgIpc) is 2.91. The molecule has 0 aliphatic heterocycles. The molecule has 1 unspecified atom stereocenters. The predicted molar refractivity (Wildman–Crippen MR) is 81.2 cm³/mol. The Balaban J connectivity index is 2.01. The predicted octanol–water partition coefficient (Wildman–Crippen LogP) is 3.00. The summed E-state index contributed by atoms with van der Waals surface area (Å²) >= 11 is 0. The lowest BCUT2D eigenvalue weighted by molar-refractivity contribution is 0.202. The molecular formula is C17H22N2O. The first-order valence-electron chi connectivity index (χ1n) is 7.34. The van der Waals surface area contributed by atoms with E-state index in [2.05, 4.69) is 41.1 Å². The normalized spacial score (nSPS) is 18.0. The fourth-order valence-corrected chi connectivity index (χ4v) is 3.12. The number of benzene rings is 1. The Morgan fingerprint density at radius 1 is 1.30 bits per heavy atom. The van der Waals surface area contributed by atoms with Crippen molar-refractivity contribution < 1.29 is 4.74 Å². The highest BCUT2D eigenvalue weighted by Crippen LogP contribution is 2.31. The fraction of sp³-hybridized carbons (Fsp3) is 0.412. The highest BCUT2D eigenvalue weighted by molar-refractivity contribution is 5.46. The first-order chi connectivity index (χ1) is 9.81. The van der Waals surface area contributed by atoms with Gasteiger partial charge in [0.15, 0.2) is 0 Å². The van der Waals surface area contributed by atoms with Crippen LogP contribution in [0.5, 0.6) is 0 Å². The summed E-state index contributed by atoms with van der Waals surface area (Å²) in [5.74, 6) is 0. The molecule has 1 aromatic carbocycles. The van der Waals surface area contributed by atoms with Crippen molar-refractivity contribution in [3.8, 4) is 5.69 Å². The second kappa shape index (κ2) is 5.81. The van der Waals surface area contributed by atoms with Crippen LogP contribution in [0.15, 0.2) is 36.5 Å². The zero-order chi connectivity index (χ0) is 13.9. The van der Waals surface area contributed by atoms with E-state index in [0.29, 0.717) is 0 Å². The van der Waals surface area contributed by atoms with Gasteiger partial charge in [-0.3, -0.25) is 0 Å². The Bertz CT molecular complexity index is 588. The number of nitrogens with two attached hydrogens (primary N) is 1. The van der Waals surface area contributed by atoms with Gasteiger partial charge in [0, 0.05) is 30.7 Å². The maximum absolute atomic E-state index is 6.22. The van der Waals surface area contributed by atoms with Crippen molar-refractivity contribution in [2.75, 3.05) is 13.7 Å². The van der Waals surface area contributed by atoms with Crippen molar-refractivity contribution in [3.63, 3.8) is 0 Å². The van der Waals surface area contributed by atoms with Crippen LogP contribution in [0.2, 0.25) is 0 Å². The molecule has 0 amide bonds. The lowest BCUT2D eigenvalue weighted by atomic mass is 9.93. The molecule has 2 aromatic rings. The van der Waals surface area contributed by atoms with E-state index < -0.39 is 0 Å². The summed E-state index contributed by atoms with van der Waals surface area (Å²) in [6, 6.07) is 10.9. The molecule has 1 aliphatic carbocycles. The quantitative estimate of drug-likeness (QED) is 0.927. The van der Waals surface area contributed by atoms with Gasteiger partial charge in [0.2, 0.25) is 0 Å². The van der Waals surface area contributed by atoms with Crippen molar-refractivity contribution in [2.45, 2.75) is 31.7 Å². The Kier molecular flexibility index (Phi) is 3.90. The monoisotopic (exact) mass is 270 g/mol. The molecule has 0 bridgehead atoms. The standard InChI is InChI=1S/C17H22N2O/c1-20-12-10-13-5-2-3-7-16(13)19-11-9-14-15(18)6-4-8-17(14)19/h2-3,5,7,9,11,15H,4,6,8,10,12,18H2,1H3. The van der Waals surface area contributed by atoms with Gasteiger partial charge >= 0.3 is 0 Å². The van der Waals surface area contributed by atoms with Gasteiger partial charge in [0.05, 0.1) is 6.61 Å². The molecule has 3 rings (SSSR count). The number of hydrogen-bond donors (Lipinski definition) is 1. The first-order valence-corrected chi connectivity index (χ1v) is 7.34. The largest absolute Gasteiger partial charge is 0.384 e. The molecular weight excluding hydrogens is 248 g/mol. The molecule has 2 N–H and O–H groups in total. The molecule has 0 fully saturated rings. The zero-order valence-electron chi connectivity index (χ0n) is 12.0. The zero-order valence-corrected chi connectivity index (χ0v) is 12.0. The van der Waals surface area contributed by atoms with E-state index >= 15 is 0 Å². The molecule has 3 heteroatoms. The maximum atomic E-state index is 6.22. The van der Waals surface area contributed by atoms with Gasteiger partial charge < -0.3 is 15.0 Å². The second-order valence-corrected chi connectivity index (χ2v) is 5.46. The number of nitrogens with zero attached hydrogens (tertiary/aromatic N) is 1. The number of ether oxygens (including phenoxy) is 1. The Morgan fingerprint density at radius 2 is 2.15 bits per heavy atom. The fourth-order valence-electron chi connectivity index (χ4n) is 3.12. The minimum Gasteiger partial charge on any atom is -0.384 e. The highest BCUT2D eigenvalue weighted by atomic mass is 16.5. The van der Waals surface area contributed by atoms with Crippen LogP contribution in [0, 0.1) is 0 Å². The molecule has 20 heavy (non-hydrogen) atoms. The second-order valence-electron chi connectivity index (χ2n) is 5.46. The van der Waals surface area contributed by atoms with E-state index in [1.165, 1.54) is 28.9 Å². The van der Waals surface area contributed by atoms with Crippen LogP contribution in [0.4, 0.5) is 0 Å². The summed E-state index contributed by atoms with van der Waals surface area (Å²) in [7, 11) is 1.75. The van der Waals surface area contributed by atoms with Gasteiger partial charge in [-0.25, -0.2) is 0 Å². The van der Waals surface area contributed by atoms with E-state index in [-0.39, 0.29) is 6.04 Å². The Morgan fingerprint density at radius 3 is 3.00 bits per heavy atom. The average molecular weight is 270 g/mol. The van der Waals surface area contributed by atoms with Gasteiger partial charge in [0.25, 0.3) is 0 Å². The minimum atomic E-state index is 0.200. The van der Waals surface area contributed by atoms with E-state index in [1.54, 1.807) is 7.11 Å². The summed E-state index contributed by atoms with van der Waals surface area (Å²) in [6.45, 7) is 0.750. The van der Waals surface area contributed by atoms with Crippen molar-refractivity contribution in [3.05, 3.63) is 53.3 Å². The third-order valence-corrected chi connectivity index (χ3v) is 4.18. The Hall–Kier alpha value is -1.58. The summed E-state index contributed by atoms with van der Waals surface area (Å²) < 4.78 is 7.54. The van der Waals surface area contributed by atoms with Gasteiger partial charge in [-0.15, -0.1) is 0 Å². The maximum Gasteiger partial charge on any atom is 0.0503 e. The van der Waals surface area contributed by atoms with Crippen molar-refractivity contribution in [1.29, 1.82) is 0 Å². The molecule has 0 saturated heterocycles. The van der Waals surface area contributed by atoms with E-state index in [0.717, 1.165) is 25.9 Å². The molecule has 0 radical (unpaired) electrons. The number of para-hydroxylation sites is 1. The Labute approximate surface area is 120 Å². The van der Waals surface area contributed by atoms with Crippen LogP contribution in [0.25, 0.3) is 5.69 Å². The summed E-state index contributed by atoms with van der Waals surface area (Å²) in [5, 5.41) is 0. The lowest BCUT2D eigenvalue weighted by Crippen LogP contribution is -2.18. The van der Waals surface area contributed by atoms with Crippen LogP contribution in [0.1, 0.15) is 35.7 Å². The van der Waals surface area contributed by atoms with Crippen molar-refractivity contribution in [2.24, 2.45) is 5.73 Å². The number of hydrogen-bond acceptors (Lipinski definition) is 2. The molecule has 106 valence electrons. The summed E-state index contributed by atoms with van der Waals surface area (Å²) in [5.41, 5.74) is 11.5.